The van der Waals surface area contributed by atoms with Crippen molar-refractivity contribution in [3.63, 3.8) is 0 Å². The summed E-state index contributed by atoms with van der Waals surface area (Å²) in [6.07, 6.45) is 0. The molecule has 30 heavy (non-hydrogen) atoms. The van der Waals surface area contributed by atoms with Crippen LogP contribution in [-0.4, -0.2) is 18.4 Å². The highest BCUT2D eigenvalue weighted by Crippen LogP contribution is 2.28. The summed E-state index contributed by atoms with van der Waals surface area (Å²) in [4.78, 5) is 9.23. The predicted octanol–water partition coefficient (Wildman–Crippen LogP) is 5.44. The van der Waals surface area contributed by atoms with Crippen LogP contribution in [-0.2, 0) is 10.0 Å². The van der Waals surface area contributed by atoms with Gasteiger partial charge in [0.2, 0.25) is 0 Å². The van der Waals surface area contributed by atoms with Gasteiger partial charge in [-0.05, 0) is 73.5 Å². The van der Waals surface area contributed by atoms with Gasteiger partial charge in [-0.15, -0.1) is 0 Å². The third-order valence-electron chi connectivity index (χ3n) is 4.70. The van der Waals surface area contributed by atoms with Crippen LogP contribution in [0.3, 0.4) is 0 Å². The third kappa shape index (κ3) is 4.22. The van der Waals surface area contributed by atoms with Crippen LogP contribution in [0.2, 0.25) is 5.02 Å². The van der Waals surface area contributed by atoms with Crippen molar-refractivity contribution in [2.24, 2.45) is 0 Å². The second kappa shape index (κ2) is 7.93. The van der Waals surface area contributed by atoms with E-state index in [-0.39, 0.29) is 10.7 Å². The fourth-order valence-electron chi connectivity index (χ4n) is 2.90. The lowest BCUT2D eigenvalue weighted by atomic mass is 10.1. The van der Waals surface area contributed by atoms with Gasteiger partial charge in [-0.3, -0.25) is 4.72 Å². The molecule has 0 unspecified atom stereocenters. The summed E-state index contributed by atoms with van der Waals surface area (Å²) in [5.41, 5.74) is 3.84. The van der Waals surface area contributed by atoms with Gasteiger partial charge in [0.25, 0.3) is 10.0 Å². The topological polar surface area (TPSA) is 84.0 Å². The number of nitrogens with one attached hydrogen (secondary N) is 2. The Hall–Kier alpha value is -3.16. The van der Waals surface area contributed by atoms with E-state index in [9.17, 15) is 8.42 Å². The average Bonchev–Trinajstić information content (AvgIpc) is 2.72. The molecule has 0 saturated heterocycles. The molecule has 1 heterocycles. The zero-order chi connectivity index (χ0) is 21.3. The van der Waals surface area contributed by atoms with Gasteiger partial charge in [-0.1, -0.05) is 29.8 Å². The van der Waals surface area contributed by atoms with Crippen LogP contribution in [0.25, 0.3) is 11.0 Å². The highest BCUT2D eigenvalue weighted by atomic mass is 35.5. The van der Waals surface area contributed by atoms with E-state index in [2.05, 4.69) is 20.0 Å². The quantitative estimate of drug-likeness (QED) is 0.433. The Morgan fingerprint density at radius 3 is 2.07 bits per heavy atom. The fourth-order valence-corrected chi connectivity index (χ4v) is 4.12. The first-order chi connectivity index (χ1) is 14.3. The molecular formula is C22H19ClN4O2S. The summed E-state index contributed by atoms with van der Waals surface area (Å²) in [6.45, 7) is 3.81. The van der Waals surface area contributed by atoms with Gasteiger partial charge < -0.3 is 5.32 Å². The van der Waals surface area contributed by atoms with Crippen LogP contribution in [0.4, 0.5) is 17.3 Å². The molecule has 4 aromatic rings. The first-order valence-corrected chi connectivity index (χ1v) is 11.1. The summed E-state index contributed by atoms with van der Waals surface area (Å²) in [7, 11) is -3.86. The van der Waals surface area contributed by atoms with E-state index in [0.29, 0.717) is 27.6 Å². The number of fused-ring (bicyclic) bond motifs is 1. The Morgan fingerprint density at radius 2 is 1.43 bits per heavy atom. The van der Waals surface area contributed by atoms with Crippen molar-refractivity contribution < 1.29 is 8.42 Å². The van der Waals surface area contributed by atoms with Crippen LogP contribution in [0.15, 0.2) is 71.6 Å². The molecular weight excluding hydrogens is 420 g/mol. The molecule has 4 rings (SSSR count). The molecule has 1 aromatic heterocycles. The maximum atomic E-state index is 13.0. The molecule has 0 aliphatic heterocycles. The highest BCUT2D eigenvalue weighted by Gasteiger charge is 2.19. The highest BCUT2D eigenvalue weighted by molar-refractivity contribution is 7.92. The number of sulfonamides is 1. The third-order valence-corrected chi connectivity index (χ3v) is 6.29. The van der Waals surface area contributed by atoms with Crippen molar-refractivity contribution in [2.45, 2.75) is 18.7 Å². The van der Waals surface area contributed by atoms with Crippen LogP contribution < -0.4 is 10.0 Å². The van der Waals surface area contributed by atoms with Crippen molar-refractivity contribution in [3.8, 4) is 0 Å². The van der Waals surface area contributed by atoms with Crippen molar-refractivity contribution in [1.29, 1.82) is 0 Å². The number of para-hydroxylation sites is 2. The van der Waals surface area contributed by atoms with Crippen molar-refractivity contribution >= 4 is 50.0 Å². The Kier molecular flexibility index (Phi) is 5.32. The first kappa shape index (κ1) is 20.1. The molecule has 0 amide bonds. The van der Waals surface area contributed by atoms with Crippen LogP contribution in [0.1, 0.15) is 11.1 Å². The number of hydrogen-bond donors (Lipinski definition) is 2. The molecule has 6 nitrogen and oxygen atoms in total. The lowest BCUT2D eigenvalue weighted by Crippen LogP contribution is -2.16. The van der Waals surface area contributed by atoms with Gasteiger partial charge in [0.1, 0.15) is 0 Å². The Labute approximate surface area is 180 Å². The number of nitrogens with zero attached hydrogens (tertiary/aromatic N) is 2. The monoisotopic (exact) mass is 438 g/mol. The number of aromatic nitrogens is 2. The SMILES string of the molecule is Cc1ccc(S(=O)(=O)Nc2nc3ccccc3nc2Nc2ccc(Cl)cc2)cc1C. The second-order valence-corrected chi connectivity index (χ2v) is 9.01. The molecule has 0 aliphatic carbocycles. The summed E-state index contributed by atoms with van der Waals surface area (Å²) in [5, 5.41) is 3.73. The molecule has 0 aliphatic rings. The van der Waals surface area contributed by atoms with E-state index in [1.165, 1.54) is 0 Å². The number of rotatable bonds is 5. The second-order valence-electron chi connectivity index (χ2n) is 6.89. The van der Waals surface area contributed by atoms with E-state index in [1.54, 1.807) is 48.5 Å². The number of anilines is 3. The Balaban J connectivity index is 1.77. The minimum absolute atomic E-state index is 0.113. The zero-order valence-corrected chi connectivity index (χ0v) is 17.9. The lowest BCUT2D eigenvalue weighted by molar-refractivity contribution is 0.601. The van der Waals surface area contributed by atoms with Gasteiger partial charge in [0, 0.05) is 10.7 Å². The van der Waals surface area contributed by atoms with Gasteiger partial charge >= 0.3 is 0 Å². The van der Waals surface area contributed by atoms with Crippen LogP contribution >= 0.6 is 11.6 Å². The average molecular weight is 439 g/mol. The van der Waals surface area contributed by atoms with E-state index in [4.69, 9.17) is 11.6 Å². The largest absolute Gasteiger partial charge is 0.337 e. The fraction of sp³-hybridized carbons (Fsp3) is 0.0909. The van der Waals surface area contributed by atoms with Crippen LogP contribution in [0.5, 0.6) is 0 Å². The molecule has 2 N–H and O–H groups in total. The van der Waals surface area contributed by atoms with Gasteiger partial charge in [0.15, 0.2) is 11.6 Å². The molecule has 0 bridgehead atoms. The van der Waals surface area contributed by atoms with E-state index in [1.807, 2.05) is 32.0 Å². The smallest absolute Gasteiger partial charge is 0.263 e. The normalized spacial score (nSPS) is 11.4. The van der Waals surface area contributed by atoms with Crippen molar-refractivity contribution in [2.75, 3.05) is 10.0 Å². The summed E-state index contributed by atoms with van der Waals surface area (Å²) in [6, 6.07) is 19.3. The van der Waals surface area contributed by atoms with Gasteiger partial charge in [0.05, 0.1) is 15.9 Å². The van der Waals surface area contributed by atoms with E-state index in [0.717, 1.165) is 11.1 Å². The van der Waals surface area contributed by atoms with Crippen molar-refractivity contribution in [3.05, 3.63) is 82.9 Å². The van der Waals surface area contributed by atoms with E-state index >= 15 is 0 Å². The number of aryl methyl sites for hydroxylation is 2. The molecule has 8 heteroatoms. The van der Waals surface area contributed by atoms with Crippen LogP contribution in [0, 0.1) is 13.8 Å². The van der Waals surface area contributed by atoms with Gasteiger partial charge in [-0.2, -0.15) is 0 Å². The molecule has 152 valence electrons. The van der Waals surface area contributed by atoms with Gasteiger partial charge in [-0.25, -0.2) is 18.4 Å². The lowest BCUT2D eigenvalue weighted by Gasteiger charge is -2.14. The summed E-state index contributed by atoms with van der Waals surface area (Å²) >= 11 is 5.96. The van der Waals surface area contributed by atoms with E-state index < -0.39 is 10.0 Å². The number of hydrogen-bond acceptors (Lipinski definition) is 5. The Morgan fingerprint density at radius 1 is 0.800 bits per heavy atom. The molecule has 0 saturated carbocycles. The van der Waals surface area contributed by atoms with Crippen molar-refractivity contribution in [1.82, 2.24) is 9.97 Å². The standard InChI is InChI=1S/C22H19ClN4O2S/c1-14-7-12-18(13-15(14)2)30(28,29)27-22-21(24-17-10-8-16(23)9-11-17)25-19-5-3-4-6-20(19)26-22/h3-13H,1-2H3,(H,24,25)(H,26,27). The molecule has 0 fully saturated rings. The molecule has 3 aromatic carbocycles. The number of benzene rings is 3. The molecule has 0 atom stereocenters. The predicted molar refractivity (Wildman–Crippen MR) is 121 cm³/mol. The first-order valence-electron chi connectivity index (χ1n) is 9.21. The molecule has 0 spiro atoms. The molecule has 0 radical (unpaired) electrons. The number of halogens is 1. The Bertz CT molecular complexity index is 1340. The summed E-state index contributed by atoms with van der Waals surface area (Å²) < 4.78 is 28.6. The maximum Gasteiger partial charge on any atom is 0.263 e. The minimum atomic E-state index is -3.86. The minimum Gasteiger partial charge on any atom is -0.337 e. The maximum absolute atomic E-state index is 13.0. The zero-order valence-electron chi connectivity index (χ0n) is 16.3. The summed E-state index contributed by atoms with van der Waals surface area (Å²) in [5.74, 6) is 0.408.